The summed E-state index contributed by atoms with van der Waals surface area (Å²) in [6.45, 7) is 0.217. The summed E-state index contributed by atoms with van der Waals surface area (Å²) in [5, 5.41) is 11.6. The molecule has 22 heavy (non-hydrogen) atoms. The minimum Gasteiger partial charge on any atom is -0.478 e. The summed E-state index contributed by atoms with van der Waals surface area (Å²) in [4.78, 5) is 14.6. The number of ether oxygens (including phenoxy) is 1. The number of anilines is 1. The number of halogens is 3. The highest BCUT2D eigenvalue weighted by Crippen LogP contribution is 2.23. The lowest BCUT2D eigenvalue weighted by molar-refractivity contribution is -0.274. The third-order valence-corrected chi connectivity index (χ3v) is 2.62. The van der Waals surface area contributed by atoms with Gasteiger partial charge >= 0.3 is 12.3 Å². The van der Waals surface area contributed by atoms with Gasteiger partial charge in [-0.1, -0.05) is 12.1 Å². The minimum atomic E-state index is -4.74. The van der Waals surface area contributed by atoms with Crippen LogP contribution < -0.4 is 10.1 Å². The fraction of sp³-hybridized carbons (Fsp3) is 0.143. The maximum Gasteiger partial charge on any atom is 0.573 e. The molecule has 0 unspecified atom stereocenters. The first kappa shape index (κ1) is 15.6. The molecule has 0 amide bonds. The van der Waals surface area contributed by atoms with Crippen LogP contribution >= 0.6 is 0 Å². The van der Waals surface area contributed by atoms with Crippen molar-refractivity contribution in [3.63, 3.8) is 0 Å². The Labute approximate surface area is 123 Å². The van der Waals surface area contributed by atoms with Gasteiger partial charge in [-0.15, -0.1) is 13.2 Å². The standard InChI is InChI=1S/C14H11F3N2O3/c15-14(16,17)22-11-3-1-2-9(6-11)7-18-12-5-4-10(8-19-12)13(20)21/h1-6,8H,7H2,(H,18,19)(H,20,21). The zero-order valence-corrected chi connectivity index (χ0v) is 11.1. The number of pyridine rings is 1. The van der Waals surface area contributed by atoms with Gasteiger partial charge in [-0.3, -0.25) is 0 Å². The smallest absolute Gasteiger partial charge is 0.478 e. The average molecular weight is 312 g/mol. The van der Waals surface area contributed by atoms with Crippen LogP contribution in [0, 0.1) is 0 Å². The molecule has 0 bridgehead atoms. The zero-order valence-electron chi connectivity index (χ0n) is 11.1. The van der Waals surface area contributed by atoms with Gasteiger partial charge in [0.1, 0.15) is 11.6 Å². The predicted molar refractivity (Wildman–Crippen MR) is 71.6 cm³/mol. The summed E-state index contributed by atoms with van der Waals surface area (Å²) in [5.41, 5.74) is 0.608. The van der Waals surface area contributed by atoms with Gasteiger partial charge in [0.05, 0.1) is 5.56 Å². The van der Waals surface area contributed by atoms with E-state index in [-0.39, 0.29) is 17.9 Å². The van der Waals surface area contributed by atoms with E-state index in [1.807, 2.05) is 0 Å². The molecule has 5 nitrogen and oxygen atoms in total. The molecule has 0 aliphatic carbocycles. The molecule has 8 heteroatoms. The fourth-order valence-corrected chi connectivity index (χ4v) is 1.67. The molecule has 0 fully saturated rings. The Morgan fingerprint density at radius 3 is 2.64 bits per heavy atom. The van der Waals surface area contributed by atoms with Crippen molar-refractivity contribution in [2.75, 3.05) is 5.32 Å². The second-order valence-corrected chi connectivity index (χ2v) is 4.29. The Kier molecular flexibility index (Phi) is 4.50. The molecule has 0 aliphatic heterocycles. The van der Waals surface area contributed by atoms with E-state index in [0.717, 1.165) is 0 Å². The number of carboxylic acid groups (broad SMARTS) is 1. The first-order valence-corrected chi connectivity index (χ1v) is 6.11. The number of aromatic nitrogens is 1. The van der Waals surface area contributed by atoms with Crippen LogP contribution in [0.1, 0.15) is 15.9 Å². The van der Waals surface area contributed by atoms with Crippen molar-refractivity contribution >= 4 is 11.8 Å². The summed E-state index contributed by atoms with van der Waals surface area (Å²) in [5.74, 6) is -0.982. The maximum atomic E-state index is 12.1. The lowest BCUT2D eigenvalue weighted by Crippen LogP contribution is -2.17. The molecule has 0 radical (unpaired) electrons. The van der Waals surface area contributed by atoms with Crippen molar-refractivity contribution in [3.05, 3.63) is 53.7 Å². The molecule has 0 aliphatic rings. The molecule has 0 spiro atoms. The largest absolute Gasteiger partial charge is 0.573 e. The number of hydrogen-bond donors (Lipinski definition) is 2. The van der Waals surface area contributed by atoms with Gasteiger partial charge in [0.25, 0.3) is 0 Å². The van der Waals surface area contributed by atoms with E-state index in [0.29, 0.717) is 11.4 Å². The molecule has 0 atom stereocenters. The Bertz CT molecular complexity index is 657. The first-order chi connectivity index (χ1) is 10.3. The molecule has 1 aromatic heterocycles. The van der Waals surface area contributed by atoms with Gasteiger partial charge in [0.2, 0.25) is 0 Å². The van der Waals surface area contributed by atoms with Crippen LogP contribution in [0.25, 0.3) is 0 Å². The Morgan fingerprint density at radius 1 is 1.27 bits per heavy atom. The number of benzene rings is 1. The number of carboxylic acids is 1. The Morgan fingerprint density at radius 2 is 2.05 bits per heavy atom. The molecule has 1 heterocycles. The van der Waals surface area contributed by atoms with E-state index in [4.69, 9.17) is 5.11 Å². The summed E-state index contributed by atoms with van der Waals surface area (Å²) >= 11 is 0. The number of aromatic carboxylic acids is 1. The van der Waals surface area contributed by atoms with Crippen molar-refractivity contribution in [1.29, 1.82) is 0 Å². The van der Waals surface area contributed by atoms with Crippen LogP contribution in [-0.4, -0.2) is 22.4 Å². The number of rotatable bonds is 5. The molecular formula is C14H11F3N2O3. The van der Waals surface area contributed by atoms with Crippen LogP contribution in [0.3, 0.4) is 0 Å². The number of nitrogens with zero attached hydrogens (tertiary/aromatic N) is 1. The van der Waals surface area contributed by atoms with E-state index in [9.17, 15) is 18.0 Å². The molecule has 1 aromatic carbocycles. The summed E-state index contributed by atoms with van der Waals surface area (Å²) < 4.78 is 40.2. The molecule has 2 N–H and O–H groups in total. The molecule has 116 valence electrons. The van der Waals surface area contributed by atoms with E-state index in [1.54, 1.807) is 6.07 Å². The molecule has 2 rings (SSSR count). The van der Waals surface area contributed by atoms with Crippen molar-refractivity contribution in [3.8, 4) is 5.75 Å². The molecule has 0 saturated carbocycles. The molecule has 2 aromatic rings. The average Bonchev–Trinajstić information content (AvgIpc) is 2.44. The van der Waals surface area contributed by atoms with Crippen molar-refractivity contribution in [2.45, 2.75) is 12.9 Å². The summed E-state index contributed by atoms with van der Waals surface area (Å²) in [6, 6.07) is 8.38. The first-order valence-electron chi connectivity index (χ1n) is 6.11. The van der Waals surface area contributed by atoms with Gasteiger partial charge in [-0.2, -0.15) is 0 Å². The topological polar surface area (TPSA) is 71.5 Å². The summed E-state index contributed by atoms with van der Waals surface area (Å²) in [6.07, 6.45) is -3.55. The van der Waals surface area contributed by atoms with Crippen LogP contribution in [0.15, 0.2) is 42.6 Å². The Balaban J connectivity index is 1.99. The quantitative estimate of drug-likeness (QED) is 0.886. The monoisotopic (exact) mass is 312 g/mol. The summed E-state index contributed by atoms with van der Waals surface area (Å²) in [7, 11) is 0. The van der Waals surface area contributed by atoms with Crippen LogP contribution in [0.4, 0.5) is 19.0 Å². The van der Waals surface area contributed by atoms with Crippen molar-refractivity contribution < 1.29 is 27.8 Å². The second kappa shape index (κ2) is 6.33. The predicted octanol–water partition coefficient (Wildman–Crippen LogP) is 3.29. The third kappa shape index (κ3) is 4.65. The fourth-order valence-electron chi connectivity index (χ4n) is 1.67. The highest BCUT2D eigenvalue weighted by atomic mass is 19.4. The SMILES string of the molecule is O=C(O)c1ccc(NCc2cccc(OC(F)(F)F)c2)nc1. The van der Waals surface area contributed by atoms with E-state index in [1.165, 1.54) is 36.5 Å². The number of nitrogens with one attached hydrogen (secondary N) is 1. The Hall–Kier alpha value is -2.77. The van der Waals surface area contributed by atoms with Crippen molar-refractivity contribution in [1.82, 2.24) is 4.98 Å². The zero-order chi connectivity index (χ0) is 16.2. The lowest BCUT2D eigenvalue weighted by Gasteiger charge is -2.10. The van der Waals surface area contributed by atoms with Crippen LogP contribution in [-0.2, 0) is 6.54 Å². The number of alkyl halides is 3. The normalized spacial score (nSPS) is 11.0. The maximum absolute atomic E-state index is 12.1. The van der Waals surface area contributed by atoms with Gasteiger partial charge in [-0.05, 0) is 29.8 Å². The number of carbonyl (C=O) groups is 1. The second-order valence-electron chi connectivity index (χ2n) is 4.29. The highest BCUT2D eigenvalue weighted by molar-refractivity contribution is 5.87. The van der Waals surface area contributed by atoms with E-state index < -0.39 is 12.3 Å². The molecular weight excluding hydrogens is 301 g/mol. The highest BCUT2D eigenvalue weighted by Gasteiger charge is 2.31. The van der Waals surface area contributed by atoms with Gasteiger partial charge in [-0.25, -0.2) is 9.78 Å². The lowest BCUT2D eigenvalue weighted by atomic mass is 10.2. The van der Waals surface area contributed by atoms with E-state index >= 15 is 0 Å². The van der Waals surface area contributed by atoms with Gasteiger partial charge < -0.3 is 15.2 Å². The van der Waals surface area contributed by atoms with Crippen LogP contribution in [0.2, 0.25) is 0 Å². The van der Waals surface area contributed by atoms with Gasteiger partial charge in [0, 0.05) is 12.7 Å². The van der Waals surface area contributed by atoms with Crippen LogP contribution in [0.5, 0.6) is 5.75 Å². The van der Waals surface area contributed by atoms with Gasteiger partial charge in [0.15, 0.2) is 0 Å². The number of hydrogen-bond acceptors (Lipinski definition) is 4. The van der Waals surface area contributed by atoms with E-state index in [2.05, 4.69) is 15.0 Å². The van der Waals surface area contributed by atoms with Crippen molar-refractivity contribution in [2.24, 2.45) is 0 Å². The third-order valence-electron chi connectivity index (χ3n) is 2.62. The minimum absolute atomic E-state index is 0.0473. The molecule has 0 saturated heterocycles.